The first-order chi connectivity index (χ1) is 17.2. The molecule has 194 valence electrons. The summed E-state index contributed by atoms with van der Waals surface area (Å²) in [6.45, 7) is 5.59. The number of carboxylic acids is 1. The van der Waals surface area contributed by atoms with Crippen molar-refractivity contribution in [2.45, 2.75) is 39.5 Å². The van der Waals surface area contributed by atoms with Gasteiger partial charge in [0.15, 0.2) is 0 Å². The fourth-order valence-corrected chi connectivity index (χ4v) is 3.82. The molecule has 0 radical (unpaired) electrons. The monoisotopic (exact) mass is 525 g/mol. The molecule has 3 aromatic carbocycles. The molecular formula is C28H29ClFN3O4. The summed E-state index contributed by atoms with van der Waals surface area (Å²) in [5.41, 5.74) is 4.69. The molecule has 4 aromatic rings. The van der Waals surface area contributed by atoms with Crippen molar-refractivity contribution in [1.82, 2.24) is 15.5 Å². The van der Waals surface area contributed by atoms with E-state index in [0.29, 0.717) is 23.6 Å². The number of hydrogen-bond acceptors (Lipinski definition) is 6. The Balaban J connectivity index is 0.00000380. The maximum atomic E-state index is 14.7. The minimum absolute atomic E-state index is 0. The van der Waals surface area contributed by atoms with Gasteiger partial charge in [-0.1, -0.05) is 47.6 Å². The fourth-order valence-electron chi connectivity index (χ4n) is 3.82. The molecule has 0 aliphatic rings. The molecule has 0 aliphatic carbocycles. The van der Waals surface area contributed by atoms with Gasteiger partial charge in [0.25, 0.3) is 5.89 Å². The lowest BCUT2D eigenvalue weighted by atomic mass is 9.94. The Labute approximate surface area is 221 Å². The average Bonchev–Trinajstić information content (AvgIpc) is 3.34. The zero-order chi connectivity index (χ0) is 25.9. The Bertz CT molecular complexity index is 1400. The molecular weight excluding hydrogens is 497 g/mol. The third-order valence-electron chi connectivity index (χ3n) is 6.08. The van der Waals surface area contributed by atoms with Crippen LogP contribution in [0.2, 0.25) is 0 Å². The minimum Gasteiger partial charge on any atom is -0.480 e. The van der Waals surface area contributed by atoms with E-state index in [9.17, 15) is 14.3 Å². The number of nitrogens with zero attached hydrogens (tertiary/aromatic N) is 2. The number of aryl methyl sites for hydroxylation is 1. The lowest BCUT2D eigenvalue weighted by Crippen LogP contribution is -2.46. The van der Waals surface area contributed by atoms with Gasteiger partial charge in [-0.25, -0.2) is 4.39 Å². The largest absolute Gasteiger partial charge is 0.480 e. The van der Waals surface area contributed by atoms with Crippen LogP contribution in [0, 0.1) is 12.7 Å². The van der Waals surface area contributed by atoms with Crippen LogP contribution in [-0.4, -0.2) is 33.9 Å². The second-order valence-corrected chi connectivity index (χ2v) is 9.13. The van der Waals surface area contributed by atoms with E-state index >= 15 is 0 Å². The predicted octanol–water partition coefficient (Wildman–Crippen LogP) is 6.04. The second-order valence-electron chi connectivity index (χ2n) is 9.13. The molecule has 1 aromatic heterocycles. The van der Waals surface area contributed by atoms with E-state index in [1.807, 2.05) is 30.3 Å². The summed E-state index contributed by atoms with van der Waals surface area (Å²) in [6.07, 6.45) is 0. The number of aliphatic carboxylic acids is 1. The summed E-state index contributed by atoms with van der Waals surface area (Å²) in [4.78, 5) is 15.7. The number of methoxy groups -OCH3 is 1. The SMILES string of the molecule is COCc1cc(-c2nc(-c3ccc(CNC(C)(C)C(=O)O)c(F)c3)no2)ccc1-c1ccccc1C.Cl. The molecule has 7 nitrogen and oxygen atoms in total. The van der Waals surface area contributed by atoms with Crippen LogP contribution in [0.15, 0.2) is 65.2 Å². The third kappa shape index (κ3) is 6.22. The van der Waals surface area contributed by atoms with Gasteiger partial charge in [-0.05, 0) is 61.2 Å². The van der Waals surface area contributed by atoms with Crippen LogP contribution in [0.5, 0.6) is 0 Å². The number of benzene rings is 3. The van der Waals surface area contributed by atoms with E-state index in [2.05, 4.69) is 34.5 Å². The summed E-state index contributed by atoms with van der Waals surface area (Å²) in [5, 5.41) is 16.1. The zero-order valence-corrected chi connectivity index (χ0v) is 21.9. The molecule has 0 bridgehead atoms. The molecule has 2 N–H and O–H groups in total. The Morgan fingerprint density at radius 2 is 1.78 bits per heavy atom. The van der Waals surface area contributed by atoms with Gasteiger partial charge in [0.1, 0.15) is 11.4 Å². The van der Waals surface area contributed by atoms with Crippen molar-refractivity contribution in [2.75, 3.05) is 7.11 Å². The van der Waals surface area contributed by atoms with E-state index in [-0.39, 0.29) is 24.8 Å². The molecule has 9 heteroatoms. The van der Waals surface area contributed by atoms with Crippen molar-refractivity contribution < 1.29 is 23.6 Å². The Morgan fingerprint density at radius 1 is 1.05 bits per heavy atom. The quantitative estimate of drug-likeness (QED) is 0.275. The molecule has 0 amide bonds. The van der Waals surface area contributed by atoms with Gasteiger partial charge in [0, 0.05) is 30.3 Å². The molecule has 0 atom stereocenters. The van der Waals surface area contributed by atoms with Crippen molar-refractivity contribution >= 4 is 18.4 Å². The van der Waals surface area contributed by atoms with E-state index in [4.69, 9.17) is 9.26 Å². The molecule has 4 rings (SSSR count). The highest BCUT2D eigenvalue weighted by Crippen LogP contribution is 2.32. The highest BCUT2D eigenvalue weighted by atomic mass is 35.5. The number of ether oxygens (including phenoxy) is 1. The molecule has 0 unspecified atom stereocenters. The summed E-state index contributed by atoms with van der Waals surface area (Å²) in [6, 6.07) is 18.6. The van der Waals surface area contributed by atoms with Crippen molar-refractivity contribution in [3.8, 4) is 34.0 Å². The summed E-state index contributed by atoms with van der Waals surface area (Å²) in [5.74, 6) is -0.935. The number of carbonyl (C=O) groups is 1. The molecule has 0 saturated heterocycles. The number of halogens is 2. The summed E-state index contributed by atoms with van der Waals surface area (Å²) < 4.78 is 25.7. The zero-order valence-electron chi connectivity index (χ0n) is 21.0. The first-order valence-electron chi connectivity index (χ1n) is 11.5. The van der Waals surface area contributed by atoms with Crippen molar-refractivity contribution in [2.24, 2.45) is 0 Å². The first-order valence-corrected chi connectivity index (χ1v) is 11.5. The van der Waals surface area contributed by atoms with Gasteiger partial charge in [0.2, 0.25) is 5.82 Å². The maximum absolute atomic E-state index is 14.7. The Hall–Kier alpha value is -3.59. The molecule has 0 saturated carbocycles. The normalized spacial score (nSPS) is 11.3. The Morgan fingerprint density at radius 3 is 2.46 bits per heavy atom. The average molecular weight is 526 g/mol. The van der Waals surface area contributed by atoms with Gasteiger partial charge < -0.3 is 14.4 Å². The van der Waals surface area contributed by atoms with Gasteiger partial charge >= 0.3 is 5.97 Å². The van der Waals surface area contributed by atoms with Crippen LogP contribution in [-0.2, 0) is 22.7 Å². The highest BCUT2D eigenvalue weighted by Gasteiger charge is 2.26. The van der Waals surface area contributed by atoms with E-state index < -0.39 is 17.3 Å². The van der Waals surface area contributed by atoms with Crippen molar-refractivity contribution in [1.29, 1.82) is 0 Å². The van der Waals surface area contributed by atoms with Crippen LogP contribution in [0.4, 0.5) is 4.39 Å². The number of rotatable bonds is 9. The standard InChI is InChI=1S/C28H28FN3O4.ClH/c1-17-7-5-6-8-22(17)23-12-11-19(13-21(23)16-35-4)26-31-25(32-36-26)18-9-10-20(24(29)14-18)15-30-28(2,3)27(33)34;/h5-14,30H,15-16H2,1-4H3,(H,33,34);1H. The van der Waals surface area contributed by atoms with Crippen LogP contribution < -0.4 is 5.32 Å². The minimum atomic E-state index is -1.18. The van der Waals surface area contributed by atoms with Gasteiger partial charge in [0.05, 0.1) is 6.61 Å². The smallest absolute Gasteiger partial charge is 0.323 e. The molecule has 0 spiro atoms. The van der Waals surface area contributed by atoms with Gasteiger partial charge in [-0.3, -0.25) is 10.1 Å². The van der Waals surface area contributed by atoms with E-state index in [1.165, 1.54) is 19.9 Å². The van der Waals surface area contributed by atoms with Crippen molar-refractivity contribution in [3.05, 3.63) is 83.2 Å². The number of nitrogens with one attached hydrogen (secondary N) is 1. The number of carboxylic acid groups (broad SMARTS) is 1. The topological polar surface area (TPSA) is 97.5 Å². The molecule has 1 heterocycles. The Kier molecular flexibility index (Phi) is 8.81. The van der Waals surface area contributed by atoms with Crippen molar-refractivity contribution in [3.63, 3.8) is 0 Å². The van der Waals surface area contributed by atoms with Gasteiger partial charge in [-0.2, -0.15) is 4.98 Å². The molecule has 0 aliphatic heterocycles. The number of aromatic nitrogens is 2. The predicted molar refractivity (Wildman–Crippen MR) is 142 cm³/mol. The van der Waals surface area contributed by atoms with Crippen LogP contribution in [0.1, 0.15) is 30.5 Å². The first kappa shape index (κ1) is 28.0. The van der Waals surface area contributed by atoms with E-state index in [1.54, 1.807) is 19.2 Å². The lowest BCUT2D eigenvalue weighted by molar-refractivity contribution is -0.143. The third-order valence-corrected chi connectivity index (χ3v) is 6.08. The molecule has 37 heavy (non-hydrogen) atoms. The number of hydrogen-bond donors (Lipinski definition) is 2. The van der Waals surface area contributed by atoms with Crippen LogP contribution in [0.25, 0.3) is 34.0 Å². The fraction of sp³-hybridized carbons (Fsp3) is 0.250. The molecule has 0 fully saturated rings. The summed E-state index contributed by atoms with van der Waals surface area (Å²) in [7, 11) is 1.65. The highest BCUT2D eigenvalue weighted by molar-refractivity contribution is 5.85. The van der Waals surface area contributed by atoms with Crippen LogP contribution >= 0.6 is 12.4 Å². The summed E-state index contributed by atoms with van der Waals surface area (Å²) >= 11 is 0. The van der Waals surface area contributed by atoms with Crippen LogP contribution in [0.3, 0.4) is 0 Å². The van der Waals surface area contributed by atoms with Gasteiger partial charge in [-0.15, -0.1) is 12.4 Å². The maximum Gasteiger partial charge on any atom is 0.323 e. The lowest BCUT2D eigenvalue weighted by Gasteiger charge is -2.21. The second kappa shape index (κ2) is 11.6. The van der Waals surface area contributed by atoms with E-state index in [0.717, 1.165) is 27.8 Å².